The monoisotopic (exact) mass is 1060 g/mol. The average Bonchev–Trinajstić information content (AvgIpc) is 3.43. The highest BCUT2D eigenvalue weighted by Crippen LogP contribution is 2.14. The summed E-state index contributed by atoms with van der Waals surface area (Å²) in [5.41, 5.74) is 0. The van der Waals surface area contributed by atoms with Crippen molar-refractivity contribution in [3.63, 3.8) is 0 Å². The van der Waals surface area contributed by atoms with Crippen molar-refractivity contribution in [2.45, 2.75) is 258 Å². The van der Waals surface area contributed by atoms with Gasteiger partial charge in [-0.25, -0.2) is 0 Å². The lowest BCUT2D eigenvalue weighted by molar-refractivity contribution is -0.166. The minimum Gasteiger partial charge on any atom is -0.462 e. The number of unbranched alkanes of at least 4 members (excludes halogenated alkanes) is 17. The smallest absolute Gasteiger partial charge is 0.306 e. The molecule has 0 aromatic carbocycles. The maximum atomic E-state index is 12.9. The van der Waals surface area contributed by atoms with Crippen molar-refractivity contribution in [3.05, 3.63) is 158 Å². The van der Waals surface area contributed by atoms with Gasteiger partial charge in [0.15, 0.2) is 6.10 Å². The molecule has 0 saturated heterocycles. The van der Waals surface area contributed by atoms with Gasteiger partial charge in [0.2, 0.25) is 0 Å². The quantitative estimate of drug-likeness (QED) is 0.0261. The molecular weight excluding hydrogens is 949 g/mol. The van der Waals surface area contributed by atoms with Gasteiger partial charge >= 0.3 is 17.9 Å². The summed E-state index contributed by atoms with van der Waals surface area (Å²) in [6.45, 7) is 6.31. The molecule has 0 fully saturated rings. The van der Waals surface area contributed by atoms with Gasteiger partial charge in [0.1, 0.15) is 13.2 Å². The maximum Gasteiger partial charge on any atom is 0.306 e. The Hall–Kier alpha value is -4.97. The molecule has 0 aliphatic rings. The van der Waals surface area contributed by atoms with E-state index in [1.54, 1.807) is 0 Å². The van der Waals surface area contributed by atoms with E-state index in [0.717, 1.165) is 128 Å². The van der Waals surface area contributed by atoms with E-state index in [1.807, 2.05) is 12.2 Å². The van der Waals surface area contributed by atoms with E-state index in [9.17, 15) is 14.4 Å². The molecule has 0 rings (SSSR count). The molecule has 0 aliphatic heterocycles. The van der Waals surface area contributed by atoms with Crippen molar-refractivity contribution >= 4 is 17.9 Å². The molecule has 0 saturated carbocycles. The SMILES string of the molecule is CC/C=C\C/C=C\C/C=C\C/C=C\C/C=C\C/C=C\C/C=C\C/C=C\CCCCCCC(=O)OCC(COC(=O)CC/C=C\C/C=C\C/C=C\C/C=C\CC)OC(=O)CCCCCCCCC/C=C\CCCCCCCC. The maximum absolute atomic E-state index is 12.9. The lowest BCUT2D eigenvalue weighted by Gasteiger charge is -2.18. The molecule has 1 atom stereocenters. The van der Waals surface area contributed by atoms with Crippen molar-refractivity contribution in [1.82, 2.24) is 0 Å². The predicted octanol–water partition coefficient (Wildman–Crippen LogP) is 21.3. The minimum absolute atomic E-state index is 0.121. The van der Waals surface area contributed by atoms with E-state index >= 15 is 0 Å². The van der Waals surface area contributed by atoms with E-state index in [-0.39, 0.29) is 37.5 Å². The van der Waals surface area contributed by atoms with Crippen LogP contribution >= 0.6 is 0 Å². The largest absolute Gasteiger partial charge is 0.462 e. The summed E-state index contributed by atoms with van der Waals surface area (Å²) in [5.74, 6) is -1.04. The number of hydrogen-bond acceptors (Lipinski definition) is 6. The van der Waals surface area contributed by atoms with Crippen LogP contribution in [0.3, 0.4) is 0 Å². The fourth-order valence-electron chi connectivity index (χ4n) is 7.94. The average molecular weight is 1060 g/mol. The number of carbonyl (C=O) groups is 3. The van der Waals surface area contributed by atoms with Gasteiger partial charge < -0.3 is 14.2 Å². The van der Waals surface area contributed by atoms with Crippen LogP contribution in [-0.2, 0) is 28.6 Å². The highest BCUT2D eigenvalue weighted by molar-refractivity contribution is 5.71. The van der Waals surface area contributed by atoms with Crippen LogP contribution in [0.25, 0.3) is 0 Å². The van der Waals surface area contributed by atoms with Crippen LogP contribution in [0.2, 0.25) is 0 Å². The van der Waals surface area contributed by atoms with Gasteiger partial charge in [-0.15, -0.1) is 0 Å². The minimum atomic E-state index is -0.828. The number of rotatable bonds is 54. The Morgan fingerprint density at radius 2 is 0.532 bits per heavy atom. The standard InChI is InChI=1S/C71H112O6/c1-4-7-10-13-16-19-22-25-27-29-30-31-32-33-34-35-36-37-38-39-40-42-43-46-49-52-55-58-61-64-70(73)76-67-68(66-75-69(72)63-60-57-54-51-48-45-24-21-18-15-12-9-6-3)77-71(74)65-62-59-56-53-50-47-44-41-28-26-23-20-17-14-11-8-5-2/h7,9-10,12,16,18-19,21,25-28,30-31,33-34,36-37,39-40,43,45-46,48,54,57,68H,4-6,8,11,13-15,17,20,22-24,29,32,35,38,41-42,44,47,49-53,55-56,58-67H2,1-3H3/b10-7-,12-9-,19-16-,21-18-,27-25-,28-26-,31-30-,34-33-,37-36-,40-39-,46-43-,48-45-,57-54-. The van der Waals surface area contributed by atoms with Gasteiger partial charge in [-0.3, -0.25) is 14.4 Å². The Morgan fingerprint density at radius 1 is 0.273 bits per heavy atom. The van der Waals surface area contributed by atoms with Crippen LogP contribution in [0.5, 0.6) is 0 Å². The zero-order valence-electron chi connectivity index (χ0n) is 49.4. The first-order valence-corrected chi connectivity index (χ1v) is 31.0. The zero-order chi connectivity index (χ0) is 55.7. The van der Waals surface area contributed by atoms with Crippen molar-refractivity contribution in [2.24, 2.45) is 0 Å². The third kappa shape index (κ3) is 61.8. The number of allylic oxidation sites excluding steroid dienone is 26. The Kier molecular flexibility index (Phi) is 59.5. The Morgan fingerprint density at radius 3 is 0.883 bits per heavy atom. The first-order valence-electron chi connectivity index (χ1n) is 31.0. The summed E-state index contributed by atoms with van der Waals surface area (Å²) in [4.78, 5) is 38.2. The first kappa shape index (κ1) is 72.0. The van der Waals surface area contributed by atoms with Crippen molar-refractivity contribution < 1.29 is 28.6 Å². The zero-order valence-corrected chi connectivity index (χ0v) is 49.4. The van der Waals surface area contributed by atoms with Crippen LogP contribution in [0.4, 0.5) is 0 Å². The molecule has 0 aromatic heterocycles. The molecule has 0 bridgehead atoms. The van der Waals surface area contributed by atoms with E-state index < -0.39 is 6.10 Å². The molecule has 1 unspecified atom stereocenters. The number of carbonyl (C=O) groups excluding carboxylic acids is 3. The molecule has 0 amide bonds. The van der Waals surface area contributed by atoms with Crippen LogP contribution in [0.15, 0.2) is 158 Å². The molecule has 77 heavy (non-hydrogen) atoms. The van der Waals surface area contributed by atoms with Gasteiger partial charge in [0.25, 0.3) is 0 Å². The highest BCUT2D eigenvalue weighted by atomic mass is 16.6. The van der Waals surface area contributed by atoms with Crippen LogP contribution in [-0.4, -0.2) is 37.2 Å². The summed E-state index contributed by atoms with van der Waals surface area (Å²) in [6, 6.07) is 0. The van der Waals surface area contributed by atoms with Gasteiger partial charge in [-0.05, 0) is 135 Å². The van der Waals surface area contributed by atoms with Gasteiger partial charge in [-0.1, -0.05) is 256 Å². The van der Waals surface area contributed by atoms with E-state index in [2.05, 4.69) is 167 Å². The normalized spacial score (nSPS) is 13.2. The van der Waals surface area contributed by atoms with Gasteiger partial charge in [0.05, 0.1) is 0 Å². The summed E-state index contributed by atoms with van der Waals surface area (Å²) in [5, 5.41) is 0. The third-order valence-electron chi connectivity index (χ3n) is 12.5. The lowest BCUT2D eigenvalue weighted by atomic mass is 10.1. The van der Waals surface area contributed by atoms with Crippen LogP contribution in [0.1, 0.15) is 252 Å². The molecule has 0 heterocycles. The second-order valence-electron chi connectivity index (χ2n) is 19.8. The Balaban J connectivity index is 4.45. The fourth-order valence-corrected chi connectivity index (χ4v) is 7.94. The number of hydrogen-bond donors (Lipinski definition) is 0. The van der Waals surface area contributed by atoms with Crippen molar-refractivity contribution in [3.8, 4) is 0 Å². The molecular formula is C71H112O6. The molecule has 432 valence electrons. The molecule has 0 aromatic rings. The third-order valence-corrected chi connectivity index (χ3v) is 12.5. The molecule has 0 N–H and O–H groups in total. The number of ether oxygens (including phenoxy) is 3. The number of esters is 3. The topological polar surface area (TPSA) is 78.9 Å². The van der Waals surface area contributed by atoms with Crippen LogP contribution in [0, 0.1) is 0 Å². The summed E-state index contributed by atoms with van der Waals surface area (Å²) in [6.07, 6.45) is 92.6. The van der Waals surface area contributed by atoms with E-state index in [1.165, 1.54) is 77.0 Å². The fraction of sp³-hybridized carbons (Fsp3) is 0.592. The molecule has 6 heteroatoms. The summed E-state index contributed by atoms with van der Waals surface area (Å²) >= 11 is 0. The van der Waals surface area contributed by atoms with E-state index in [0.29, 0.717) is 19.3 Å². The van der Waals surface area contributed by atoms with Crippen LogP contribution < -0.4 is 0 Å². The summed E-state index contributed by atoms with van der Waals surface area (Å²) < 4.78 is 16.8. The molecule has 0 radical (unpaired) electrons. The van der Waals surface area contributed by atoms with Gasteiger partial charge in [-0.2, -0.15) is 0 Å². The summed E-state index contributed by atoms with van der Waals surface area (Å²) in [7, 11) is 0. The first-order chi connectivity index (χ1) is 38.0. The van der Waals surface area contributed by atoms with Crippen molar-refractivity contribution in [1.29, 1.82) is 0 Å². The van der Waals surface area contributed by atoms with Gasteiger partial charge in [0, 0.05) is 19.3 Å². The second kappa shape index (κ2) is 63.6. The Bertz CT molecular complexity index is 1740. The Labute approximate surface area is 473 Å². The second-order valence-corrected chi connectivity index (χ2v) is 19.8. The molecule has 0 aliphatic carbocycles. The molecule has 6 nitrogen and oxygen atoms in total. The highest BCUT2D eigenvalue weighted by Gasteiger charge is 2.19. The predicted molar refractivity (Wildman–Crippen MR) is 334 cm³/mol. The molecule has 0 spiro atoms. The lowest BCUT2D eigenvalue weighted by Crippen LogP contribution is -2.30. The van der Waals surface area contributed by atoms with Crippen molar-refractivity contribution in [2.75, 3.05) is 13.2 Å². The van der Waals surface area contributed by atoms with E-state index in [4.69, 9.17) is 14.2 Å².